The fraction of sp³-hybridized carbons (Fsp3) is 0.917. The fourth-order valence-corrected chi connectivity index (χ4v) is 1.97. The summed E-state index contributed by atoms with van der Waals surface area (Å²) in [5, 5.41) is 5.68. The average Bonchev–Trinajstić information content (AvgIpc) is 2.79. The van der Waals surface area contributed by atoms with Crippen LogP contribution in [0.2, 0.25) is 0 Å². The molecular weight excluding hydrogens is 202 g/mol. The van der Waals surface area contributed by atoms with Crippen LogP contribution in [-0.2, 0) is 0 Å². The smallest absolute Gasteiger partial charge is 0.314 e. The van der Waals surface area contributed by atoms with Crippen LogP contribution in [0.5, 0.6) is 0 Å². The lowest BCUT2D eigenvalue weighted by Crippen LogP contribution is -2.36. The van der Waals surface area contributed by atoms with Crippen LogP contribution in [0.1, 0.15) is 39.0 Å². The molecule has 4 nitrogen and oxygen atoms in total. The van der Waals surface area contributed by atoms with Gasteiger partial charge in [0.25, 0.3) is 0 Å². The van der Waals surface area contributed by atoms with Crippen molar-refractivity contribution in [2.75, 3.05) is 32.7 Å². The second kappa shape index (κ2) is 8.39. The first kappa shape index (κ1) is 13.3. The third kappa shape index (κ3) is 5.95. The fourth-order valence-electron chi connectivity index (χ4n) is 1.97. The molecule has 0 unspecified atom stereocenters. The summed E-state index contributed by atoms with van der Waals surface area (Å²) in [4.78, 5) is 13.7. The Bertz CT molecular complexity index is 191. The molecule has 0 spiro atoms. The monoisotopic (exact) mass is 227 g/mol. The van der Waals surface area contributed by atoms with Crippen LogP contribution in [-0.4, -0.2) is 43.7 Å². The molecule has 0 bridgehead atoms. The maximum atomic E-state index is 11.2. The summed E-state index contributed by atoms with van der Waals surface area (Å²) in [5.41, 5.74) is 0. The van der Waals surface area contributed by atoms with Crippen molar-refractivity contribution in [3.05, 3.63) is 0 Å². The highest BCUT2D eigenvalue weighted by Crippen LogP contribution is 2.07. The molecule has 1 aliphatic heterocycles. The van der Waals surface area contributed by atoms with Crippen molar-refractivity contribution in [1.82, 2.24) is 15.5 Å². The van der Waals surface area contributed by atoms with Crippen LogP contribution < -0.4 is 10.6 Å². The van der Waals surface area contributed by atoms with Crippen molar-refractivity contribution >= 4 is 6.03 Å². The highest BCUT2D eigenvalue weighted by molar-refractivity contribution is 5.73. The number of urea groups is 1. The molecule has 1 saturated heterocycles. The van der Waals surface area contributed by atoms with Gasteiger partial charge >= 0.3 is 6.03 Å². The molecule has 1 fully saturated rings. The van der Waals surface area contributed by atoms with E-state index in [2.05, 4.69) is 22.5 Å². The number of hydrogen-bond acceptors (Lipinski definition) is 2. The molecule has 16 heavy (non-hydrogen) atoms. The minimum absolute atomic E-state index is 0.0250. The zero-order valence-corrected chi connectivity index (χ0v) is 10.4. The Morgan fingerprint density at radius 3 is 2.50 bits per heavy atom. The van der Waals surface area contributed by atoms with E-state index in [1.165, 1.54) is 38.9 Å². The summed E-state index contributed by atoms with van der Waals surface area (Å²) >= 11 is 0. The van der Waals surface area contributed by atoms with Crippen molar-refractivity contribution in [2.45, 2.75) is 39.0 Å². The first-order valence-electron chi connectivity index (χ1n) is 6.57. The van der Waals surface area contributed by atoms with E-state index in [0.29, 0.717) is 0 Å². The van der Waals surface area contributed by atoms with Gasteiger partial charge in [0.15, 0.2) is 0 Å². The molecule has 94 valence electrons. The van der Waals surface area contributed by atoms with Crippen molar-refractivity contribution in [2.24, 2.45) is 0 Å². The Morgan fingerprint density at radius 2 is 1.81 bits per heavy atom. The lowest BCUT2D eigenvalue weighted by molar-refractivity contribution is 0.240. The highest BCUT2D eigenvalue weighted by atomic mass is 16.2. The van der Waals surface area contributed by atoms with Crippen molar-refractivity contribution < 1.29 is 4.79 Å². The Morgan fingerprint density at radius 1 is 1.12 bits per heavy atom. The maximum Gasteiger partial charge on any atom is 0.314 e. The molecule has 0 aromatic carbocycles. The summed E-state index contributed by atoms with van der Waals surface area (Å²) in [6.45, 7) is 7.34. The van der Waals surface area contributed by atoms with Gasteiger partial charge < -0.3 is 15.5 Å². The molecule has 2 N–H and O–H groups in total. The number of carbonyl (C=O) groups is 1. The third-order valence-corrected chi connectivity index (χ3v) is 2.92. The number of rotatable bonds is 7. The molecule has 0 saturated carbocycles. The van der Waals surface area contributed by atoms with Crippen molar-refractivity contribution in [1.29, 1.82) is 0 Å². The minimum Gasteiger partial charge on any atom is -0.338 e. The van der Waals surface area contributed by atoms with E-state index < -0.39 is 0 Å². The summed E-state index contributed by atoms with van der Waals surface area (Å²) in [7, 11) is 0. The second-order valence-electron chi connectivity index (χ2n) is 4.44. The molecule has 0 aromatic rings. The normalized spacial score (nSPS) is 16.3. The molecule has 1 rings (SSSR count). The van der Waals surface area contributed by atoms with Crippen molar-refractivity contribution in [3.8, 4) is 0 Å². The summed E-state index contributed by atoms with van der Waals surface area (Å²) in [5.74, 6) is 0. The Balaban J connectivity index is 1.85. The van der Waals surface area contributed by atoms with Gasteiger partial charge in [-0.15, -0.1) is 0 Å². The van der Waals surface area contributed by atoms with E-state index in [9.17, 15) is 4.79 Å². The van der Waals surface area contributed by atoms with Crippen molar-refractivity contribution in [3.63, 3.8) is 0 Å². The Kier molecular flexibility index (Phi) is 6.97. The topological polar surface area (TPSA) is 44.4 Å². The molecule has 0 radical (unpaired) electrons. The number of carbonyl (C=O) groups excluding carboxylic acids is 1. The lowest BCUT2D eigenvalue weighted by Gasteiger charge is -2.14. The standard InChI is InChI=1S/C12H25N3O/c1-2-7-13-12(16)14-8-3-4-9-15-10-5-6-11-15/h2-11H2,1H3,(H2,13,14,16). The van der Waals surface area contributed by atoms with E-state index in [0.717, 1.165) is 25.9 Å². The zero-order valence-electron chi connectivity index (χ0n) is 10.4. The predicted octanol–water partition coefficient (Wildman–Crippen LogP) is 1.57. The van der Waals surface area contributed by atoms with Crippen LogP contribution in [0, 0.1) is 0 Å². The first-order valence-corrected chi connectivity index (χ1v) is 6.57. The zero-order chi connectivity index (χ0) is 11.6. The van der Waals surface area contributed by atoms with Gasteiger partial charge in [0.2, 0.25) is 0 Å². The molecular formula is C12H25N3O. The largest absolute Gasteiger partial charge is 0.338 e. The number of nitrogens with one attached hydrogen (secondary N) is 2. The van der Waals surface area contributed by atoms with Gasteiger partial charge in [-0.1, -0.05) is 6.92 Å². The quantitative estimate of drug-likeness (QED) is 0.648. The van der Waals surface area contributed by atoms with Gasteiger partial charge in [0.05, 0.1) is 0 Å². The lowest BCUT2D eigenvalue weighted by atomic mass is 10.3. The number of unbranched alkanes of at least 4 members (excludes halogenated alkanes) is 1. The molecule has 4 heteroatoms. The van der Waals surface area contributed by atoms with E-state index >= 15 is 0 Å². The first-order chi connectivity index (χ1) is 7.83. The molecule has 0 aromatic heterocycles. The average molecular weight is 227 g/mol. The number of nitrogens with zero attached hydrogens (tertiary/aromatic N) is 1. The molecule has 1 heterocycles. The van der Waals surface area contributed by atoms with Gasteiger partial charge in [-0.3, -0.25) is 0 Å². The van der Waals surface area contributed by atoms with E-state index in [4.69, 9.17) is 0 Å². The molecule has 2 amide bonds. The van der Waals surface area contributed by atoms with Gasteiger partial charge in [-0.2, -0.15) is 0 Å². The second-order valence-corrected chi connectivity index (χ2v) is 4.44. The molecule has 0 atom stereocenters. The molecule has 1 aliphatic rings. The van der Waals surface area contributed by atoms with Crippen LogP contribution in [0.15, 0.2) is 0 Å². The summed E-state index contributed by atoms with van der Waals surface area (Å²) in [6.07, 6.45) is 5.97. The number of hydrogen-bond donors (Lipinski definition) is 2. The Hall–Kier alpha value is -0.770. The third-order valence-electron chi connectivity index (χ3n) is 2.92. The van der Waals surface area contributed by atoms with Crippen LogP contribution >= 0.6 is 0 Å². The SMILES string of the molecule is CCCNC(=O)NCCCCN1CCCC1. The van der Waals surface area contributed by atoms with Crippen LogP contribution in [0.25, 0.3) is 0 Å². The Labute approximate surface area is 98.8 Å². The number of amides is 2. The van der Waals surface area contributed by atoms with E-state index in [1.807, 2.05) is 0 Å². The van der Waals surface area contributed by atoms with Gasteiger partial charge in [0.1, 0.15) is 0 Å². The summed E-state index contributed by atoms with van der Waals surface area (Å²) < 4.78 is 0. The number of likely N-dealkylation sites (tertiary alicyclic amines) is 1. The summed E-state index contributed by atoms with van der Waals surface area (Å²) in [6, 6.07) is -0.0250. The van der Waals surface area contributed by atoms with E-state index in [1.54, 1.807) is 0 Å². The maximum absolute atomic E-state index is 11.2. The van der Waals surface area contributed by atoms with Gasteiger partial charge in [-0.25, -0.2) is 4.79 Å². The highest BCUT2D eigenvalue weighted by Gasteiger charge is 2.09. The predicted molar refractivity (Wildman–Crippen MR) is 66.6 cm³/mol. The van der Waals surface area contributed by atoms with Gasteiger partial charge in [0, 0.05) is 13.1 Å². The van der Waals surface area contributed by atoms with Crippen LogP contribution in [0.4, 0.5) is 4.79 Å². The molecule has 0 aliphatic carbocycles. The van der Waals surface area contributed by atoms with E-state index in [-0.39, 0.29) is 6.03 Å². The minimum atomic E-state index is -0.0250. The van der Waals surface area contributed by atoms with Gasteiger partial charge in [-0.05, 0) is 51.7 Å². The van der Waals surface area contributed by atoms with Crippen LogP contribution in [0.3, 0.4) is 0 Å².